The third kappa shape index (κ3) is 21.9. The number of carboxylic acid groups (broad SMARTS) is 1. The Morgan fingerprint density at radius 1 is 0.445 bits per heavy atom. The number of rotatable bonds is 29. The maximum absolute atomic E-state index is 15.4. The summed E-state index contributed by atoms with van der Waals surface area (Å²) >= 11 is 3.55. The monoisotopic (exact) mass is 1760 g/mol. The van der Waals surface area contributed by atoms with Gasteiger partial charge in [-0.3, -0.25) is 14.4 Å². The van der Waals surface area contributed by atoms with Crippen molar-refractivity contribution in [1.29, 1.82) is 0 Å². The molecule has 3 heterocycles. The fraction of sp³-hybridized carbons (Fsp3) is 0.259. The summed E-state index contributed by atoms with van der Waals surface area (Å²) in [7, 11) is -12.3. The molecular weight excluding hydrogens is 1680 g/mol. The normalized spacial score (nSPS) is 13.0. The summed E-state index contributed by atoms with van der Waals surface area (Å²) in [5.41, 5.74) is 24.9. The molecule has 3 aliphatic rings. The van der Waals surface area contributed by atoms with E-state index in [1.54, 1.807) is 135 Å². The third-order valence-corrected chi connectivity index (χ3v) is 26.8. The van der Waals surface area contributed by atoms with Gasteiger partial charge in [-0.15, -0.1) is 12.4 Å². The minimum atomic E-state index is -3.58. The molecule has 3 fully saturated rings. The van der Waals surface area contributed by atoms with Gasteiger partial charge in [-0.05, 0) is 153 Å². The molecule has 119 heavy (non-hydrogen) atoms. The molecule has 3 aliphatic carbocycles. The average molecular weight is 1770 g/mol. The molecule has 0 aliphatic heterocycles. The standard InChI is InChI=1S/C29H29FN2O5S.C27H25FN2O5S.C22H22BrNO5S.C7H9BFNO2.ClH.Li.H2O/c1-2-36-28(33)16-20-6-3-4-9-27(20)37-18-19-14-25(24-8-5-7-21(17-31)29(24)30)23-12-13-32(26(23)15-19)38(34,35)22-10-11-22;28-27-19(15-29)5-3-6-22(27)23-12-17(16-35-25-7-2-1-4-18(25)14-26(31)32)13-24-21(23)10-11-30(24)36(33,34)20-8-9-20;1-2-28-22(25)13-16-5-3-4-6-21(16)29-14-15-11-19(23)18-9-10-24(20(18)12-15)30(26,27)17-7-8-17;9-7-5(4-10)2-1-3-6(7)8(11)12;;;/h3-9,12-15,22H,2,10-11,16-18,31H2,1H3;1-7,10-13,20H,8-9,14-16,29H2,(H,31,32);3-6,9-12,17H,2,7-8,13-14H2,1H3;1-3,11-12H,4,10H2;1H;;1H2/q;;;;;+1;/p-1. The Labute approximate surface area is 713 Å². The van der Waals surface area contributed by atoms with Gasteiger partial charge in [0.2, 0.25) is 30.1 Å². The number of esters is 2. The maximum Gasteiger partial charge on any atom is 1.00 e. The van der Waals surface area contributed by atoms with Gasteiger partial charge < -0.3 is 61.5 Å². The SMILES string of the molecule is CCOC(=O)Cc1ccccc1OCc1cc(-c2cccc(CN)c2F)c2ccn(S(=O)(=O)C3CC3)c2c1.CCOC(=O)Cc1ccccc1OCc1cc(Br)c2ccn(S(=O)(=O)C3CC3)c2c1.Cl.NCc1cccc(-c2cc(COc3ccccc3CC(=O)O)cc3c2ccn3S(=O)(=O)C2CC2)c1F.NCc1cccc(B(O)O)c1F.[Li+].[OH-]. The van der Waals surface area contributed by atoms with Crippen LogP contribution in [0, 0.1) is 17.5 Å². The smallest absolute Gasteiger partial charge is 0.870 e. The van der Waals surface area contributed by atoms with Gasteiger partial charge in [-0.25, -0.2) is 50.3 Å². The van der Waals surface area contributed by atoms with Gasteiger partial charge >= 0.3 is 43.9 Å². The number of aromatic nitrogens is 3. The molecular formula is C85H87BBrClF3LiN6O18S3. The second-order valence-corrected chi connectivity index (χ2v) is 34.9. The van der Waals surface area contributed by atoms with Crippen LogP contribution in [0.3, 0.4) is 0 Å². The molecule has 0 unspecified atom stereocenters. The van der Waals surface area contributed by atoms with Gasteiger partial charge in [-0.2, -0.15) is 0 Å². The van der Waals surface area contributed by atoms with Crippen LogP contribution in [-0.2, 0) is 113 Å². The Morgan fingerprint density at radius 3 is 1.11 bits per heavy atom. The summed E-state index contributed by atoms with van der Waals surface area (Å²) < 4.78 is 155. The zero-order valence-corrected chi connectivity index (χ0v) is 70.0. The first-order valence-corrected chi connectivity index (χ1v) is 42.7. The molecule has 10 N–H and O–H groups in total. The number of hydrogen-bond acceptors (Lipinski definition) is 20. The van der Waals surface area contributed by atoms with Crippen molar-refractivity contribution in [3.05, 3.63) is 273 Å². The molecule has 12 aromatic rings. The van der Waals surface area contributed by atoms with Crippen LogP contribution in [0.25, 0.3) is 55.0 Å². The first-order valence-electron chi connectivity index (χ1n) is 37.4. The van der Waals surface area contributed by atoms with Crippen LogP contribution >= 0.6 is 28.3 Å². The Balaban J connectivity index is 0.000000188. The Bertz CT molecular complexity index is 6030. The van der Waals surface area contributed by atoms with Crippen LogP contribution < -0.4 is 55.7 Å². The Hall–Kier alpha value is -9.76. The average Bonchev–Trinajstić information content (AvgIpc) is 1.61. The van der Waals surface area contributed by atoms with E-state index in [1.165, 1.54) is 42.5 Å². The van der Waals surface area contributed by atoms with Crippen molar-refractivity contribution in [1.82, 2.24) is 11.9 Å². The van der Waals surface area contributed by atoms with Gasteiger partial charge in [0.1, 0.15) is 54.5 Å². The number of fused-ring (bicyclic) bond motifs is 3. The number of halogens is 5. The molecule has 622 valence electrons. The number of carbonyl (C=O) groups excluding carboxylic acids is 2. The summed E-state index contributed by atoms with van der Waals surface area (Å²) in [5, 5.41) is 27.5. The van der Waals surface area contributed by atoms with Crippen molar-refractivity contribution in [3.63, 3.8) is 0 Å². The van der Waals surface area contributed by atoms with E-state index in [-0.39, 0.29) is 130 Å². The molecule has 3 aromatic heterocycles. The van der Waals surface area contributed by atoms with Crippen molar-refractivity contribution in [2.24, 2.45) is 17.2 Å². The van der Waals surface area contributed by atoms with E-state index in [4.69, 9.17) is 50.9 Å². The summed E-state index contributed by atoms with van der Waals surface area (Å²) in [6, 6.07) is 51.7. The van der Waals surface area contributed by atoms with Crippen LogP contribution in [0.15, 0.2) is 205 Å². The van der Waals surface area contributed by atoms with Crippen LogP contribution in [0.4, 0.5) is 13.2 Å². The molecule has 0 atom stereocenters. The van der Waals surface area contributed by atoms with Gasteiger partial charge in [0.25, 0.3) is 0 Å². The summed E-state index contributed by atoms with van der Waals surface area (Å²) in [6.45, 7) is 4.61. The molecule has 3 saturated carbocycles. The van der Waals surface area contributed by atoms with Crippen LogP contribution in [0.1, 0.15) is 102 Å². The predicted molar refractivity (Wildman–Crippen MR) is 450 cm³/mol. The van der Waals surface area contributed by atoms with Gasteiger partial charge in [0.05, 0.1) is 64.8 Å². The first kappa shape index (κ1) is 93.1. The predicted octanol–water partition coefficient (Wildman–Crippen LogP) is 10.0. The van der Waals surface area contributed by atoms with Crippen LogP contribution in [-0.4, -0.2) is 112 Å². The summed E-state index contributed by atoms with van der Waals surface area (Å²) in [4.78, 5) is 35.1. The van der Waals surface area contributed by atoms with Gasteiger partial charge in [0.15, 0.2) is 0 Å². The number of nitrogens with two attached hydrogens (primary N) is 3. The third-order valence-electron chi connectivity index (χ3n) is 19.6. The molecule has 0 spiro atoms. The topological polar surface area (TPSA) is 383 Å². The number of para-hydroxylation sites is 3. The number of nitrogens with zero attached hydrogens (tertiary/aromatic N) is 3. The van der Waals surface area contributed by atoms with E-state index in [2.05, 4.69) is 15.9 Å². The van der Waals surface area contributed by atoms with Gasteiger partial charge in [-0.1, -0.05) is 125 Å². The van der Waals surface area contributed by atoms with Crippen molar-refractivity contribution in [2.45, 2.75) is 127 Å². The number of ether oxygens (including phenoxy) is 5. The molecule has 0 saturated heterocycles. The number of hydrogen-bond donors (Lipinski definition) is 6. The van der Waals surface area contributed by atoms with E-state index < -0.39 is 71.1 Å². The van der Waals surface area contributed by atoms with Gasteiger partial charge in [0, 0.05) is 109 Å². The van der Waals surface area contributed by atoms with E-state index in [0.29, 0.717) is 145 Å². The fourth-order valence-electron chi connectivity index (χ4n) is 13.3. The number of benzene rings is 9. The van der Waals surface area contributed by atoms with Crippen LogP contribution in [0.2, 0.25) is 0 Å². The first-order chi connectivity index (χ1) is 55.7. The Morgan fingerprint density at radius 2 is 0.765 bits per heavy atom. The second-order valence-electron chi connectivity index (χ2n) is 27.8. The van der Waals surface area contributed by atoms with Crippen molar-refractivity contribution >= 4 is 122 Å². The zero-order chi connectivity index (χ0) is 82.8. The Kier molecular flexibility index (Phi) is 32.1. The number of carbonyl (C=O) groups is 3. The molecule has 0 bridgehead atoms. The van der Waals surface area contributed by atoms with E-state index in [1.807, 2.05) is 48.5 Å². The summed E-state index contributed by atoms with van der Waals surface area (Å²) in [5.74, 6) is -1.65. The number of carboxylic acids is 1. The molecule has 34 heteroatoms. The molecule has 15 rings (SSSR count). The minimum absolute atomic E-state index is 0. The quantitative estimate of drug-likeness (QED) is 0.0187. The second kappa shape index (κ2) is 41.0. The fourth-order valence-corrected chi connectivity index (χ4v) is 19.1. The number of aliphatic carboxylic acids is 1. The van der Waals surface area contributed by atoms with E-state index in [0.717, 1.165) is 21.0 Å². The van der Waals surface area contributed by atoms with Crippen LogP contribution in [0.5, 0.6) is 17.2 Å². The largest absolute Gasteiger partial charge is 1.00 e. The summed E-state index contributed by atoms with van der Waals surface area (Å²) in [6.07, 6.45) is 8.57. The molecule has 24 nitrogen and oxygen atoms in total. The maximum atomic E-state index is 15.4. The van der Waals surface area contributed by atoms with Crippen molar-refractivity contribution in [3.8, 4) is 39.5 Å². The molecule has 0 amide bonds. The zero-order valence-electron chi connectivity index (χ0n) is 65.1. The van der Waals surface area contributed by atoms with Crippen molar-refractivity contribution < 1.29 is 116 Å². The minimum Gasteiger partial charge on any atom is -0.870 e. The molecule has 9 aromatic carbocycles. The molecule has 0 radical (unpaired) electrons. The van der Waals surface area contributed by atoms with E-state index in [9.17, 15) is 49.1 Å². The van der Waals surface area contributed by atoms with Crippen molar-refractivity contribution in [2.75, 3.05) is 13.2 Å². The van der Waals surface area contributed by atoms with E-state index >= 15 is 8.78 Å².